The molecule has 3 nitrogen and oxygen atoms in total. The zero-order valence-corrected chi connectivity index (χ0v) is 13.4. The van der Waals surface area contributed by atoms with Crippen molar-refractivity contribution in [3.63, 3.8) is 0 Å². The topological polar surface area (TPSA) is 35.5 Å². The maximum absolute atomic E-state index is 12.7. The van der Waals surface area contributed by atoms with Crippen molar-refractivity contribution in [2.24, 2.45) is 22.2 Å². The molecule has 1 fully saturated rings. The summed E-state index contributed by atoms with van der Waals surface area (Å²) in [5, 5.41) is 0. The van der Waals surface area contributed by atoms with Gasteiger partial charge in [0.2, 0.25) is 0 Å². The van der Waals surface area contributed by atoms with E-state index >= 15 is 0 Å². The molecule has 0 spiro atoms. The van der Waals surface area contributed by atoms with E-state index in [1.54, 1.807) is 14.2 Å². The van der Waals surface area contributed by atoms with Crippen molar-refractivity contribution in [2.45, 2.75) is 47.3 Å². The van der Waals surface area contributed by atoms with Gasteiger partial charge in [0, 0.05) is 14.2 Å². The molecule has 0 unspecified atom stereocenters. The summed E-state index contributed by atoms with van der Waals surface area (Å²) < 4.78 is 11.4. The lowest BCUT2D eigenvalue weighted by Gasteiger charge is -2.32. The molecule has 108 valence electrons. The van der Waals surface area contributed by atoms with Gasteiger partial charge in [-0.3, -0.25) is 4.79 Å². The van der Waals surface area contributed by atoms with E-state index in [2.05, 4.69) is 41.5 Å². The zero-order chi connectivity index (χ0) is 14.9. The minimum atomic E-state index is -0.792. The van der Waals surface area contributed by atoms with Crippen molar-refractivity contribution in [2.75, 3.05) is 14.2 Å². The van der Waals surface area contributed by atoms with E-state index in [4.69, 9.17) is 9.47 Å². The first kappa shape index (κ1) is 14.7. The Morgan fingerprint density at radius 1 is 1.05 bits per heavy atom. The summed E-state index contributed by atoms with van der Waals surface area (Å²) in [4.78, 5) is 12.7. The number of hydrogen-bond acceptors (Lipinski definition) is 3. The Hall–Kier alpha value is -0.670. The predicted octanol–water partition coefficient (Wildman–Crippen LogP) is 3.19. The Kier molecular flexibility index (Phi) is 2.87. The molecule has 0 bridgehead atoms. The van der Waals surface area contributed by atoms with Crippen LogP contribution in [0.5, 0.6) is 0 Å². The van der Waals surface area contributed by atoms with Crippen LogP contribution >= 0.6 is 0 Å². The summed E-state index contributed by atoms with van der Waals surface area (Å²) in [6.45, 7) is 12.7. The molecule has 2 atom stereocenters. The second-order valence-electron chi connectivity index (χ2n) is 7.78. The van der Waals surface area contributed by atoms with Gasteiger partial charge in [0.05, 0.1) is 5.92 Å². The summed E-state index contributed by atoms with van der Waals surface area (Å²) >= 11 is 0. The van der Waals surface area contributed by atoms with Crippen LogP contribution in [0.4, 0.5) is 0 Å². The number of hydrogen-bond donors (Lipinski definition) is 0. The molecule has 0 saturated heterocycles. The molecule has 0 heterocycles. The molecule has 3 heteroatoms. The van der Waals surface area contributed by atoms with Crippen LogP contribution < -0.4 is 0 Å². The van der Waals surface area contributed by atoms with Crippen molar-refractivity contribution in [1.29, 1.82) is 0 Å². The van der Waals surface area contributed by atoms with E-state index in [9.17, 15) is 4.79 Å². The normalized spacial score (nSPS) is 33.2. The first-order chi connectivity index (χ1) is 8.50. The third kappa shape index (κ3) is 1.43. The lowest BCUT2D eigenvalue weighted by molar-refractivity contribution is -0.179. The SMILES string of the molecule is COC1(OC)[C@H]2C(C(C)(C)C)=CC(=O)[C@]21C(C)(C)C. The van der Waals surface area contributed by atoms with Gasteiger partial charge >= 0.3 is 0 Å². The Balaban J connectivity index is 2.60. The molecule has 0 aromatic heterocycles. The maximum atomic E-state index is 12.7. The molecule has 2 aliphatic carbocycles. The second-order valence-corrected chi connectivity index (χ2v) is 7.78. The summed E-state index contributed by atoms with van der Waals surface area (Å²) in [5.74, 6) is -0.610. The number of methoxy groups -OCH3 is 2. The van der Waals surface area contributed by atoms with Crippen molar-refractivity contribution in [3.8, 4) is 0 Å². The van der Waals surface area contributed by atoms with Crippen molar-refractivity contribution in [1.82, 2.24) is 0 Å². The molecule has 0 radical (unpaired) electrons. The van der Waals surface area contributed by atoms with Crippen LogP contribution in [0, 0.1) is 22.2 Å². The van der Waals surface area contributed by atoms with Crippen molar-refractivity contribution in [3.05, 3.63) is 11.6 Å². The van der Waals surface area contributed by atoms with E-state index in [1.807, 2.05) is 6.08 Å². The van der Waals surface area contributed by atoms with Crippen LogP contribution in [0.1, 0.15) is 41.5 Å². The van der Waals surface area contributed by atoms with Crippen LogP contribution in [-0.2, 0) is 14.3 Å². The number of allylic oxidation sites excluding steroid dienone is 1. The molecule has 0 amide bonds. The summed E-state index contributed by atoms with van der Waals surface area (Å²) in [7, 11) is 3.28. The number of carbonyl (C=O) groups is 1. The molecular weight excluding hydrogens is 240 g/mol. The lowest BCUT2D eigenvalue weighted by Crippen LogP contribution is -2.40. The van der Waals surface area contributed by atoms with E-state index in [0.29, 0.717) is 0 Å². The fourth-order valence-corrected chi connectivity index (χ4v) is 4.13. The Morgan fingerprint density at radius 3 is 1.79 bits per heavy atom. The highest BCUT2D eigenvalue weighted by Gasteiger charge is 2.89. The Morgan fingerprint density at radius 2 is 1.53 bits per heavy atom. The highest BCUT2D eigenvalue weighted by atomic mass is 16.7. The van der Waals surface area contributed by atoms with E-state index < -0.39 is 11.2 Å². The monoisotopic (exact) mass is 266 g/mol. The van der Waals surface area contributed by atoms with Gasteiger partial charge < -0.3 is 9.47 Å². The highest BCUT2D eigenvalue weighted by molar-refractivity contribution is 6.05. The van der Waals surface area contributed by atoms with Gasteiger partial charge in [-0.15, -0.1) is 0 Å². The first-order valence-corrected chi connectivity index (χ1v) is 6.87. The largest absolute Gasteiger partial charge is 0.352 e. The lowest BCUT2D eigenvalue weighted by atomic mass is 9.73. The standard InChI is InChI=1S/C16H26O3/c1-13(2,3)10-9-11(17)15(14(4,5)6)12(10)16(15,18-7)19-8/h9,12H,1-8H3/t12-,15+/m0/s1. The van der Waals surface area contributed by atoms with Crippen molar-refractivity contribution < 1.29 is 14.3 Å². The zero-order valence-electron chi connectivity index (χ0n) is 13.4. The van der Waals surface area contributed by atoms with Gasteiger partial charge in [0.15, 0.2) is 11.6 Å². The van der Waals surface area contributed by atoms with Gasteiger partial charge in [-0.1, -0.05) is 47.1 Å². The minimum absolute atomic E-state index is 0.0301. The smallest absolute Gasteiger partial charge is 0.189 e. The van der Waals surface area contributed by atoms with Crippen LogP contribution in [0.3, 0.4) is 0 Å². The van der Waals surface area contributed by atoms with Crippen molar-refractivity contribution >= 4 is 5.78 Å². The number of ether oxygens (including phenoxy) is 2. The quantitative estimate of drug-likeness (QED) is 0.720. The highest BCUT2D eigenvalue weighted by Crippen LogP contribution is 2.79. The minimum Gasteiger partial charge on any atom is -0.352 e. The average molecular weight is 266 g/mol. The average Bonchev–Trinajstić information content (AvgIpc) is 2.74. The molecule has 0 aliphatic heterocycles. The van der Waals surface area contributed by atoms with Crippen LogP contribution in [0.15, 0.2) is 11.6 Å². The fourth-order valence-electron chi connectivity index (χ4n) is 4.13. The second kappa shape index (κ2) is 3.70. The molecule has 2 rings (SSSR count). The van der Waals surface area contributed by atoms with Gasteiger partial charge in [-0.05, 0) is 16.9 Å². The predicted molar refractivity (Wildman–Crippen MR) is 74.7 cm³/mol. The molecule has 1 saturated carbocycles. The number of ketones is 1. The third-order valence-electron chi connectivity index (χ3n) is 4.92. The van der Waals surface area contributed by atoms with Crippen LogP contribution in [0.25, 0.3) is 0 Å². The summed E-state index contributed by atoms with van der Waals surface area (Å²) in [6.07, 6.45) is 1.83. The third-order valence-corrected chi connectivity index (χ3v) is 4.92. The van der Waals surface area contributed by atoms with Crippen LogP contribution in [0.2, 0.25) is 0 Å². The van der Waals surface area contributed by atoms with Gasteiger partial charge in [0.1, 0.15) is 5.41 Å². The Labute approximate surface area is 116 Å². The van der Waals surface area contributed by atoms with Gasteiger partial charge in [-0.25, -0.2) is 0 Å². The van der Waals surface area contributed by atoms with Gasteiger partial charge in [-0.2, -0.15) is 0 Å². The summed E-state index contributed by atoms with van der Waals surface area (Å²) in [5.41, 5.74) is 0.318. The first-order valence-electron chi connectivity index (χ1n) is 6.87. The van der Waals surface area contributed by atoms with E-state index in [1.165, 1.54) is 0 Å². The summed E-state index contributed by atoms with van der Waals surface area (Å²) in [6, 6.07) is 0. The molecule has 19 heavy (non-hydrogen) atoms. The molecule has 0 aromatic carbocycles. The van der Waals surface area contributed by atoms with E-state index in [0.717, 1.165) is 5.57 Å². The molecule has 2 aliphatic rings. The van der Waals surface area contributed by atoms with Crippen LogP contribution in [-0.4, -0.2) is 25.8 Å². The van der Waals surface area contributed by atoms with E-state index in [-0.39, 0.29) is 22.5 Å². The number of fused-ring (bicyclic) bond motifs is 1. The number of carbonyl (C=O) groups excluding carboxylic acids is 1. The Bertz CT molecular complexity index is 444. The maximum Gasteiger partial charge on any atom is 0.189 e. The fraction of sp³-hybridized carbons (Fsp3) is 0.812. The molecular formula is C16H26O3. The van der Waals surface area contributed by atoms with Gasteiger partial charge in [0.25, 0.3) is 0 Å². The molecule has 0 N–H and O–H groups in total. The number of rotatable bonds is 2. The molecule has 0 aromatic rings.